The van der Waals surface area contributed by atoms with E-state index in [1.165, 1.54) is 212 Å². The van der Waals surface area contributed by atoms with Crippen LogP contribution in [-0.2, 0) is 37.5 Å². The molecule has 0 fully saturated rings. The minimum absolute atomic E-state index is 0.170. The number of rotatable bonds is 53. The highest BCUT2D eigenvalue weighted by atomic mass is 31.2. The van der Waals surface area contributed by atoms with Gasteiger partial charge in [-0.15, -0.1) is 0 Å². The highest BCUT2D eigenvalue weighted by molar-refractivity contribution is 7.47. The molecule has 0 aromatic carbocycles. The van der Waals surface area contributed by atoms with E-state index in [0.29, 0.717) is 12.8 Å². The van der Waals surface area contributed by atoms with Crippen LogP contribution in [0.25, 0.3) is 0 Å². The Kier molecular flexibility index (Phi) is 47.8. The topological polar surface area (TPSA) is 172 Å². The van der Waals surface area contributed by atoms with Crippen LogP contribution in [0, 0.1) is 0 Å². The third kappa shape index (κ3) is 48.7. The van der Waals surface area contributed by atoms with Gasteiger partial charge in [-0.3, -0.25) is 23.4 Å². The maximum absolute atomic E-state index is 12.7. The van der Waals surface area contributed by atoms with E-state index in [-0.39, 0.29) is 19.4 Å². The number of carbonyl (C=O) groups excluding carboxylic acids is 2. The Labute approximate surface area is 399 Å². The van der Waals surface area contributed by atoms with Crippen molar-refractivity contribution in [1.82, 2.24) is 0 Å². The van der Waals surface area contributed by atoms with Crippen molar-refractivity contribution in [2.75, 3.05) is 19.8 Å². The number of carbonyl (C=O) groups is 3. The quantitative estimate of drug-likeness (QED) is 0.0301. The van der Waals surface area contributed by atoms with Crippen LogP contribution in [0.3, 0.4) is 0 Å². The molecule has 0 aliphatic rings. The van der Waals surface area contributed by atoms with Crippen LogP contribution in [0.1, 0.15) is 290 Å². The summed E-state index contributed by atoms with van der Waals surface area (Å²) in [6, 6.07) is -1.52. The average molecular weight is 946 g/mol. The smallest absolute Gasteiger partial charge is 0.472 e. The third-order valence-corrected chi connectivity index (χ3v) is 13.6. The van der Waals surface area contributed by atoms with Crippen LogP contribution in [0.15, 0.2) is 0 Å². The first-order valence-corrected chi connectivity index (χ1v) is 29.1. The second-order valence-corrected chi connectivity index (χ2v) is 20.5. The second-order valence-electron chi connectivity index (χ2n) is 19.1. The van der Waals surface area contributed by atoms with Crippen LogP contribution >= 0.6 is 7.82 Å². The normalized spacial score (nSPS) is 13.4. The first-order chi connectivity index (χ1) is 31.6. The third-order valence-electron chi connectivity index (χ3n) is 12.6. The van der Waals surface area contributed by atoms with Gasteiger partial charge in [0.25, 0.3) is 0 Å². The maximum atomic E-state index is 12.7. The number of aliphatic carboxylic acids is 1. The molecule has 12 heteroatoms. The highest BCUT2D eigenvalue weighted by Crippen LogP contribution is 2.43. The van der Waals surface area contributed by atoms with Gasteiger partial charge in [-0.1, -0.05) is 264 Å². The zero-order chi connectivity index (χ0) is 47.7. The van der Waals surface area contributed by atoms with Crippen LogP contribution in [0.4, 0.5) is 0 Å². The SMILES string of the molecule is CCCCCCCCCCCCCCCCCCCCCCCCCC(=O)O[C@H](COC(=O)CCCCCCCCCCCCCCCCCCCC)COP(=O)(O)OC[C@H](N)C(=O)O. The largest absolute Gasteiger partial charge is 0.480 e. The molecule has 0 aromatic rings. The molecule has 0 heterocycles. The van der Waals surface area contributed by atoms with E-state index in [0.717, 1.165) is 38.5 Å². The molecule has 0 saturated carbocycles. The number of ether oxygens (including phenoxy) is 2. The van der Waals surface area contributed by atoms with E-state index >= 15 is 0 Å². The number of unbranched alkanes of at least 4 members (excludes halogenated alkanes) is 39. The first kappa shape index (κ1) is 63.5. The van der Waals surface area contributed by atoms with Crippen molar-refractivity contribution in [2.24, 2.45) is 5.73 Å². The molecule has 0 radical (unpaired) electrons. The lowest BCUT2D eigenvalue weighted by Crippen LogP contribution is -2.34. The van der Waals surface area contributed by atoms with E-state index in [9.17, 15) is 23.8 Å². The molecule has 386 valence electrons. The fourth-order valence-corrected chi connectivity index (χ4v) is 9.08. The lowest BCUT2D eigenvalue weighted by Gasteiger charge is -2.20. The molecule has 0 aromatic heterocycles. The van der Waals surface area contributed by atoms with Gasteiger partial charge in [0.15, 0.2) is 6.10 Å². The van der Waals surface area contributed by atoms with Crippen LogP contribution < -0.4 is 5.73 Å². The molecule has 1 unspecified atom stereocenters. The Morgan fingerprint density at radius 1 is 0.415 bits per heavy atom. The minimum Gasteiger partial charge on any atom is -0.480 e. The van der Waals surface area contributed by atoms with Gasteiger partial charge in [-0.05, 0) is 12.8 Å². The summed E-state index contributed by atoms with van der Waals surface area (Å²) in [7, 11) is -4.72. The number of carboxylic acids is 1. The van der Waals surface area contributed by atoms with Gasteiger partial charge in [0, 0.05) is 12.8 Å². The van der Waals surface area contributed by atoms with E-state index in [1.54, 1.807) is 0 Å². The molecule has 0 aliphatic carbocycles. The lowest BCUT2D eigenvalue weighted by atomic mass is 10.0. The summed E-state index contributed by atoms with van der Waals surface area (Å²) in [6.45, 7) is 2.88. The van der Waals surface area contributed by atoms with E-state index in [1.807, 2.05) is 0 Å². The van der Waals surface area contributed by atoms with Crippen molar-refractivity contribution < 1.29 is 47.5 Å². The van der Waals surface area contributed by atoms with Crippen molar-refractivity contribution in [2.45, 2.75) is 302 Å². The molecular formula is C53H104NO10P. The Morgan fingerprint density at radius 3 is 0.969 bits per heavy atom. The molecule has 3 atom stereocenters. The fraction of sp³-hybridized carbons (Fsp3) is 0.943. The summed E-state index contributed by atoms with van der Waals surface area (Å²) in [6.07, 6.45) is 51.7. The summed E-state index contributed by atoms with van der Waals surface area (Å²) < 4.78 is 32.9. The number of carboxylic acid groups (broad SMARTS) is 1. The predicted molar refractivity (Wildman–Crippen MR) is 268 cm³/mol. The van der Waals surface area contributed by atoms with Crippen LogP contribution in [0.5, 0.6) is 0 Å². The molecule has 65 heavy (non-hydrogen) atoms. The molecule has 0 spiro atoms. The van der Waals surface area contributed by atoms with Gasteiger partial charge in [-0.2, -0.15) is 0 Å². The van der Waals surface area contributed by atoms with Gasteiger partial charge in [0.05, 0.1) is 13.2 Å². The number of esters is 2. The summed E-state index contributed by atoms with van der Waals surface area (Å²) in [5.74, 6) is -2.35. The summed E-state index contributed by atoms with van der Waals surface area (Å²) >= 11 is 0. The molecule has 11 nitrogen and oxygen atoms in total. The van der Waals surface area contributed by atoms with Gasteiger partial charge in [0.2, 0.25) is 0 Å². The fourth-order valence-electron chi connectivity index (χ4n) is 8.31. The summed E-state index contributed by atoms with van der Waals surface area (Å²) in [5.41, 5.74) is 5.36. The molecule has 0 saturated heterocycles. The van der Waals surface area contributed by atoms with Crippen molar-refractivity contribution >= 4 is 25.7 Å². The first-order valence-electron chi connectivity index (χ1n) is 27.6. The molecule has 4 N–H and O–H groups in total. The van der Waals surface area contributed by atoms with E-state index in [4.69, 9.17) is 29.4 Å². The van der Waals surface area contributed by atoms with Crippen molar-refractivity contribution in [1.29, 1.82) is 0 Å². The number of phosphoric ester groups is 1. The number of nitrogens with two attached hydrogens (primary N) is 1. The van der Waals surface area contributed by atoms with Gasteiger partial charge >= 0.3 is 25.7 Å². The number of phosphoric acid groups is 1. The minimum atomic E-state index is -4.72. The standard InChI is InChI=1S/C53H104NO10P/c1-3-5-7-9-11-13-15-17-19-21-23-24-25-26-27-29-31-33-35-37-39-41-43-45-52(56)64-49(47-62-65(59,60)63-48-50(54)53(57)58)46-61-51(55)44-42-40-38-36-34-32-30-28-22-20-18-16-14-12-10-8-6-4-2/h49-50H,3-48,54H2,1-2H3,(H,57,58)(H,59,60)/t49-,50+/m1/s1. The number of hydrogen-bond acceptors (Lipinski definition) is 9. The average Bonchev–Trinajstić information content (AvgIpc) is 3.28. The Bertz CT molecular complexity index is 1110. The van der Waals surface area contributed by atoms with Gasteiger partial charge in [-0.25, -0.2) is 4.57 Å². The van der Waals surface area contributed by atoms with Gasteiger partial charge < -0.3 is 25.2 Å². The Balaban J connectivity index is 4.13. The monoisotopic (exact) mass is 946 g/mol. The zero-order valence-electron chi connectivity index (χ0n) is 42.4. The summed E-state index contributed by atoms with van der Waals surface area (Å²) in [4.78, 5) is 46.3. The molecular weight excluding hydrogens is 842 g/mol. The lowest BCUT2D eigenvalue weighted by molar-refractivity contribution is -0.161. The molecule has 0 aliphatic heterocycles. The Morgan fingerprint density at radius 2 is 0.677 bits per heavy atom. The predicted octanol–water partition coefficient (Wildman–Crippen LogP) is 15.8. The second kappa shape index (κ2) is 48.9. The van der Waals surface area contributed by atoms with Crippen molar-refractivity contribution in [3.63, 3.8) is 0 Å². The highest BCUT2D eigenvalue weighted by Gasteiger charge is 2.28. The molecule has 0 amide bonds. The van der Waals surface area contributed by atoms with Crippen LogP contribution in [-0.4, -0.2) is 59.9 Å². The van der Waals surface area contributed by atoms with E-state index < -0.39 is 51.1 Å². The van der Waals surface area contributed by atoms with E-state index in [2.05, 4.69) is 13.8 Å². The van der Waals surface area contributed by atoms with Crippen molar-refractivity contribution in [3.8, 4) is 0 Å². The van der Waals surface area contributed by atoms with Gasteiger partial charge in [0.1, 0.15) is 12.6 Å². The van der Waals surface area contributed by atoms with Crippen LogP contribution in [0.2, 0.25) is 0 Å². The molecule has 0 bridgehead atoms. The zero-order valence-corrected chi connectivity index (χ0v) is 43.3. The summed E-state index contributed by atoms with van der Waals surface area (Å²) in [5, 5.41) is 8.93. The Hall–Kier alpha value is -1.52. The maximum Gasteiger partial charge on any atom is 0.472 e. The van der Waals surface area contributed by atoms with Crippen molar-refractivity contribution in [3.05, 3.63) is 0 Å². The molecule has 0 rings (SSSR count). The number of hydrogen-bond donors (Lipinski definition) is 3.